The van der Waals surface area contributed by atoms with Gasteiger partial charge in [-0.25, -0.2) is 8.42 Å². The van der Waals surface area contributed by atoms with Gasteiger partial charge in [-0.3, -0.25) is 14.3 Å². The summed E-state index contributed by atoms with van der Waals surface area (Å²) in [5.41, 5.74) is 4.50. The molecule has 200 valence electrons. The molecular formula is C31H31N3O4S. The van der Waals surface area contributed by atoms with Gasteiger partial charge >= 0.3 is 0 Å². The van der Waals surface area contributed by atoms with Crippen LogP contribution in [0.15, 0.2) is 95.9 Å². The first-order chi connectivity index (χ1) is 18.5. The van der Waals surface area contributed by atoms with E-state index in [1.165, 1.54) is 6.07 Å². The van der Waals surface area contributed by atoms with Crippen LogP contribution < -0.4 is 15.4 Å². The van der Waals surface area contributed by atoms with Crippen LogP contribution in [0.5, 0.6) is 0 Å². The van der Waals surface area contributed by atoms with Crippen molar-refractivity contribution in [3.8, 4) is 0 Å². The number of nitrogens with one attached hydrogen (secondary N) is 3. The molecule has 3 N–H and O–H groups in total. The molecule has 0 unspecified atom stereocenters. The predicted octanol–water partition coefficient (Wildman–Crippen LogP) is 6.16. The van der Waals surface area contributed by atoms with Gasteiger partial charge in [-0.15, -0.1) is 0 Å². The number of rotatable bonds is 8. The highest BCUT2D eigenvalue weighted by molar-refractivity contribution is 7.92. The maximum Gasteiger partial charge on any atom is 0.262 e. The third kappa shape index (κ3) is 6.53. The minimum Gasteiger partial charge on any atom is -0.345 e. The summed E-state index contributed by atoms with van der Waals surface area (Å²) >= 11 is 0. The number of carbonyl (C=O) groups is 2. The number of aryl methyl sites for hydroxylation is 3. The molecule has 0 fully saturated rings. The Morgan fingerprint density at radius 3 is 2.13 bits per heavy atom. The number of anilines is 2. The molecule has 0 saturated heterocycles. The summed E-state index contributed by atoms with van der Waals surface area (Å²) < 4.78 is 29.2. The Labute approximate surface area is 229 Å². The highest BCUT2D eigenvalue weighted by Crippen LogP contribution is 2.25. The van der Waals surface area contributed by atoms with E-state index in [2.05, 4.69) is 15.4 Å². The average molecular weight is 542 g/mol. The number of hydrogen-bond acceptors (Lipinski definition) is 4. The fourth-order valence-electron chi connectivity index (χ4n) is 4.24. The number of amides is 2. The minimum absolute atomic E-state index is 0.00200. The quantitative estimate of drug-likeness (QED) is 0.249. The Morgan fingerprint density at radius 1 is 0.718 bits per heavy atom. The lowest BCUT2D eigenvalue weighted by Crippen LogP contribution is -2.28. The first-order valence-corrected chi connectivity index (χ1v) is 14.0. The van der Waals surface area contributed by atoms with Crippen molar-refractivity contribution in [2.75, 3.05) is 10.0 Å². The summed E-state index contributed by atoms with van der Waals surface area (Å²) in [5.74, 6) is -0.874. The zero-order valence-electron chi connectivity index (χ0n) is 22.3. The van der Waals surface area contributed by atoms with Crippen molar-refractivity contribution in [2.24, 2.45) is 0 Å². The molecule has 0 spiro atoms. The first kappa shape index (κ1) is 27.6. The van der Waals surface area contributed by atoms with E-state index in [0.717, 1.165) is 16.7 Å². The Hall–Kier alpha value is -4.43. The number of para-hydroxylation sites is 1. The summed E-state index contributed by atoms with van der Waals surface area (Å²) in [6, 6.07) is 25.9. The van der Waals surface area contributed by atoms with Gasteiger partial charge in [0, 0.05) is 5.56 Å². The van der Waals surface area contributed by atoms with E-state index in [1.807, 2.05) is 63.2 Å². The number of carbonyl (C=O) groups excluding carboxylic acids is 2. The Balaban J connectivity index is 1.55. The van der Waals surface area contributed by atoms with Gasteiger partial charge in [0.25, 0.3) is 21.8 Å². The smallest absolute Gasteiger partial charge is 0.262 e. The maximum atomic E-state index is 13.3. The molecule has 0 aliphatic heterocycles. The predicted molar refractivity (Wildman–Crippen MR) is 155 cm³/mol. The highest BCUT2D eigenvalue weighted by Gasteiger charge is 2.21. The van der Waals surface area contributed by atoms with Gasteiger partial charge < -0.3 is 10.6 Å². The summed E-state index contributed by atoms with van der Waals surface area (Å²) in [7, 11) is -3.96. The Bertz CT molecular complexity index is 1630. The molecule has 0 heterocycles. The van der Waals surface area contributed by atoms with Crippen LogP contribution in [0.25, 0.3) is 0 Å². The molecule has 8 heteroatoms. The topological polar surface area (TPSA) is 104 Å². The van der Waals surface area contributed by atoms with Crippen molar-refractivity contribution in [2.45, 2.75) is 38.6 Å². The molecule has 4 aromatic carbocycles. The van der Waals surface area contributed by atoms with Crippen LogP contribution in [0.4, 0.5) is 11.4 Å². The Morgan fingerprint density at radius 2 is 1.41 bits per heavy atom. The van der Waals surface area contributed by atoms with Gasteiger partial charge in [0.15, 0.2) is 0 Å². The van der Waals surface area contributed by atoms with Crippen LogP contribution >= 0.6 is 0 Å². The minimum atomic E-state index is -3.96. The zero-order chi connectivity index (χ0) is 28.2. The van der Waals surface area contributed by atoms with Gasteiger partial charge in [-0.05, 0) is 74.7 Å². The van der Waals surface area contributed by atoms with Gasteiger partial charge in [0.2, 0.25) is 0 Å². The second kappa shape index (κ2) is 11.5. The standard InChI is InChI=1S/C31H31N3O4S/c1-20-14-17-27(22(3)18-20)34-39(37,38)29-19-25(16-15-21(29)2)30(35)33-28-13-9-8-12-26(28)31(36)32-23(4)24-10-6-5-7-11-24/h5-19,23,34H,1-4H3,(H,32,36)(H,33,35)/t23-/m1/s1. The van der Waals surface area contributed by atoms with Crippen LogP contribution in [-0.2, 0) is 10.0 Å². The average Bonchev–Trinajstić information content (AvgIpc) is 2.91. The van der Waals surface area contributed by atoms with E-state index in [9.17, 15) is 18.0 Å². The van der Waals surface area contributed by atoms with E-state index in [1.54, 1.807) is 49.4 Å². The summed E-state index contributed by atoms with van der Waals surface area (Å²) in [5, 5.41) is 5.72. The van der Waals surface area contributed by atoms with Gasteiger partial charge in [-0.2, -0.15) is 0 Å². The third-order valence-electron chi connectivity index (χ3n) is 6.43. The fraction of sp³-hybridized carbons (Fsp3) is 0.161. The van der Waals surface area contributed by atoms with Gasteiger partial charge in [-0.1, -0.05) is 66.2 Å². The summed E-state index contributed by atoms with van der Waals surface area (Å²) in [4.78, 5) is 26.3. The number of hydrogen-bond donors (Lipinski definition) is 3. The molecule has 4 aromatic rings. The van der Waals surface area contributed by atoms with Crippen LogP contribution in [0.2, 0.25) is 0 Å². The molecular weight excluding hydrogens is 510 g/mol. The lowest BCUT2D eigenvalue weighted by atomic mass is 10.1. The molecule has 0 aromatic heterocycles. The lowest BCUT2D eigenvalue weighted by molar-refractivity contribution is 0.0940. The maximum absolute atomic E-state index is 13.3. The van der Waals surface area contributed by atoms with E-state index >= 15 is 0 Å². The third-order valence-corrected chi connectivity index (χ3v) is 7.94. The number of sulfonamides is 1. The van der Waals surface area contributed by atoms with E-state index in [0.29, 0.717) is 22.5 Å². The Kier molecular flexibility index (Phi) is 8.16. The van der Waals surface area contributed by atoms with E-state index < -0.39 is 15.9 Å². The van der Waals surface area contributed by atoms with Crippen molar-refractivity contribution < 1.29 is 18.0 Å². The van der Waals surface area contributed by atoms with Crippen molar-refractivity contribution >= 4 is 33.2 Å². The van der Waals surface area contributed by atoms with Crippen molar-refractivity contribution in [1.82, 2.24) is 5.32 Å². The summed E-state index contributed by atoms with van der Waals surface area (Å²) in [6.45, 7) is 7.32. The molecule has 39 heavy (non-hydrogen) atoms. The molecule has 0 saturated carbocycles. The van der Waals surface area contributed by atoms with Crippen molar-refractivity contribution in [3.63, 3.8) is 0 Å². The van der Waals surface area contributed by atoms with E-state index in [-0.39, 0.29) is 22.4 Å². The van der Waals surface area contributed by atoms with Crippen LogP contribution in [0.1, 0.15) is 55.9 Å². The fourth-order valence-corrected chi connectivity index (χ4v) is 5.65. The first-order valence-electron chi connectivity index (χ1n) is 12.5. The summed E-state index contributed by atoms with van der Waals surface area (Å²) in [6.07, 6.45) is 0. The lowest BCUT2D eigenvalue weighted by Gasteiger charge is -2.17. The second-order valence-corrected chi connectivity index (χ2v) is 11.2. The van der Waals surface area contributed by atoms with Crippen molar-refractivity contribution in [1.29, 1.82) is 0 Å². The molecule has 0 radical (unpaired) electrons. The molecule has 7 nitrogen and oxygen atoms in total. The van der Waals surface area contributed by atoms with Gasteiger partial charge in [0.1, 0.15) is 0 Å². The van der Waals surface area contributed by atoms with Gasteiger partial charge in [0.05, 0.1) is 27.9 Å². The van der Waals surface area contributed by atoms with Crippen LogP contribution in [0.3, 0.4) is 0 Å². The highest BCUT2D eigenvalue weighted by atomic mass is 32.2. The zero-order valence-corrected chi connectivity index (χ0v) is 23.1. The molecule has 4 rings (SSSR count). The van der Waals surface area contributed by atoms with E-state index in [4.69, 9.17) is 0 Å². The van der Waals surface area contributed by atoms with Crippen LogP contribution in [0, 0.1) is 20.8 Å². The molecule has 1 atom stereocenters. The second-order valence-electron chi connectivity index (χ2n) is 9.51. The SMILES string of the molecule is Cc1ccc(NS(=O)(=O)c2cc(C(=O)Nc3ccccc3C(=O)N[C@H](C)c3ccccc3)ccc2C)c(C)c1. The normalized spacial score (nSPS) is 11.9. The van der Waals surface area contributed by atoms with Crippen molar-refractivity contribution in [3.05, 3.63) is 124 Å². The monoisotopic (exact) mass is 541 g/mol. The molecule has 0 bridgehead atoms. The molecule has 0 aliphatic rings. The molecule has 0 aliphatic carbocycles. The van der Waals surface area contributed by atoms with Crippen LogP contribution in [-0.4, -0.2) is 20.2 Å². The molecule has 2 amide bonds. The largest absolute Gasteiger partial charge is 0.345 e. The number of benzene rings is 4.